The number of carbonyl (C=O) groups is 3. The molecule has 3 atom stereocenters. The predicted molar refractivity (Wildman–Crippen MR) is 153 cm³/mol. The fraction of sp³-hybridized carbons (Fsp3) is 0.286. The van der Waals surface area contributed by atoms with Gasteiger partial charge in [0.25, 0.3) is 0 Å². The number of H-pyrrole nitrogens is 2. The summed E-state index contributed by atoms with van der Waals surface area (Å²) < 4.78 is 0. The van der Waals surface area contributed by atoms with Crippen LogP contribution in [0.25, 0.3) is 21.8 Å². The summed E-state index contributed by atoms with van der Waals surface area (Å²) in [5.41, 5.74) is 20.0. The maximum Gasteiger partial charge on any atom is 0.326 e. The SMILES string of the molecule is NC(N)=NCCCC(N)C(=O)NC(Cc1c[nH]c2ccccc12)C(=O)NC(Cc1c[nH]c2ccccc12)C(=O)O. The minimum absolute atomic E-state index is 0.0471. The van der Waals surface area contributed by atoms with E-state index in [2.05, 4.69) is 25.6 Å². The van der Waals surface area contributed by atoms with Gasteiger partial charge < -0.3 is 42.9 Å². The number of amides is 2. The number of rotatable bonds is 13. The van der Waals surface area contributed by atoms with Crippen LogP contribution in [0.15, 0.2) is 65.9 Å². The molecule has 3 unspecified atom stereocenters. The van der Waals surface area contributed by atoms with E-state index in [4.69, 9.17) is 17.2 Å². The molecule has 40 heavy (non-hydrogen) atoms. The first-order valence-electron chi connectivity index (χ1n) is 13.0. The Balaban J connectivity index is 1.51. The average Bonchev–Trinajstić information content (AvgIpc) is 3.54. The summed E-state index contributed by atoms with van der Waals surface area (Å²) >= 11 is 0. The topological polar surface area (TPSA) is 217 Å². The van der Waals surface area contributed by atoms with Crippen LogP contribution in [0.3, 0.4) is 0 Å². The number of carboxylic acids is 1. The van der Waals surface area contributed by atoms with Crippen molar-refractivity contribution in [3.8, 4) is 0 Å². The van der Waals surface area contributed by atoms with Crippen LogP contribution < -0.4 is 27.8 Å². The van der Waals surface area contributed by atoms with E-state index in [9.17, 15) is 19.5 Å². The maximum atomic E-state index is 13.5. The quantitative estimate of drug-likeness (QED) is 0.0686. The van der Waals surface area contributed by atoms with E-state index in [0.29, 0.717) is 19.4 Å². The number of nitrogens with two attached hydrogens (primary N) is 3. The number of fused-ring (bicyclic) bond motifs is 2. The Morgan fingerprint density at radius 2 is 1.35 bits per heavy atom. The molecule has 0 aliphatic rings. The molecular weight excluding hydrogens is 512 g/mol. The monoisotopic (exact) mass is 546 g/mol. The van der Waals surface area contributed by atoms with Gasteiger partial charge in [0.1, 0.15) is 12.1 Å². The molecule has 12 heteroatoms. The largest absolute Gasteiger partial charge is 0.480 e. The lowest BCUT2D eigenvalue weighted by Crippen LogP contribution is -2.55. The predicted octanol–water partition coefficient (Wildman–Crippen LogP) is 0.870. The summed E-state index contributed by atoms with van der Waals surface area (Å²) in [6.07, 6.45) is 4.46. The van der Waals surface area contributed by atoms with Gasteiger partial charge in [-0.3, -0.25) is 14.6 Å². The second kappa shape index (κ2) is 12.8. The molecule has 2 heterocycles. The summed E-state index contributed by atoms with van der Waals surface area (Å²) in [6, 6.07) is 11.9. The molecule has 2 aromatic heterocycles. The average molecular weight is 547 g/mol. The number of aromatic amines is 2. The molecule has 210 valence electrons. The molecular formula is C28H34N8O4. The van der Waals surface area contributed by atoms with Gasteiger partial charge in [0.15, 0.2) is 5.96 Å². The molecule has 0 bridgehead atoms. The van der Waals surface area contributed by atoms with E-state index in [1.165, 1.54) is 0 Å². The highest BCUT2D eigenvalue weighted by molar-refractivity contribution is 5.93. The van der Waals surface area contributed by atoms with E-state index in [0.717, 1.165) is 32.9 Å². The first-order chi connectivity index (χ1) is 19.2. The Kier molecular flexibility index (Phi) is 9.02. The molecule has 0 saturated carbocycles. The Morgan fingerprint density at radius 3 is 1.90 bits per heavy atom. The number of carboxylic acid groups (broad SMARTS) is 1. The van der Waals surface area contributed by atoms with Crippen LogP contribution in [0.2, 0.25) is 0 Å². The van der Waals surface area contributed by atoms with E-state index in [1.807, 2.05) is 48.5 Å². The van der Waals surface area contributed by atoms with Crippen molar-refractivity contribution in [2.24, 2.45) is 22.2 Å². The summed E-state index contributed by atoms with van der Waals surface area (Å²) in [4.78, 5) is 48.8. The zero-order chi connectivity index (χ0) is 28.6. The van der Waals surface area contributed by atoms with Crippen LogP contribution in [-0.2, 0) is 27.2 Å². The van der Waals surface area contributed by atoms with Gasteiger partial charge in [-0.2, -0.15) is 0 Å². The summed E-state index contributed by atoms with van der Waals surface area (Å²) in [5.74, 6) is -2.40. The zero-order valence-electron chi connectivity index (χ0n) is 21.9. The number of guanidine groups is 1. The number of nitrogens with one attached hydrogen (secondary N) is 4. The lowest BCUT2D eigenvalue weighted by Gasteiger charge is -2.23. The van der Waals surface area contributed by atoms with Crippen LogP contribution in [0, 0.1) is 0 Å². The standard InChI is InChI=1S/C28H34N8O4/c29-20(8-5-11-32-28(30)31)25(37)35-23(12-16-14-33-21-9-3-1-6-18(16)21)26(38)36-24(27(39)40)13-17-15-34-22-10-4-2-7-19(17)22/h1-4,6-7,9-10,14-15,20,23-24,33-34H,5,8,11-13,29H2,(H,35,37)(H,36,38)(H,39,40)(H4,30,31,32). The number of benzene rings is 2. The molecule has 0 aliphatic carbocycles. The molecule has 2 aromatic carbocycles. The number of carbonyl (C=O) groups excluding carboxylic acids is 2. The van der Waals surface area contributed by atoms with Crippen molar-refractivity contribution >= 4 is 45.5 Å². The first kappa shape index (κ1) is 28.2. The van der Waals surface area contributed by atoms with Crippen molar-refractivity contribution in [1.82, 2.24) is 20.6 Å². The molecule has 12 nitrogen and oxygen atoms in total. The molecule has 2 amide bonds. The third-order valence-corrected chi connectivity index (χ3v) is 6.75. The van der Waals surface area contributed by atoms with Gasteiger partial charge in [-0.15, -0.1) is 0 Å². The maximum absolute atomic E-state index is 13.5. The number of hydrogen-bond acceptors (Lipinski definition) is 5. The van der Waals surface area contributed by atoms with Crippen LogP contribution in [-0.4, -0.2) is 63.5 Å². The second-order valence-electron chi connectivity index (χ2n) is 9.64. The van der Waals surface area contributed by atoms with Crippen molar-refractivity contribution in [1.29, 1.82) is 0 Å². The molecule has 0 saturated heterocycles. The number of nitrogens with zero attached hydrogens (tertiary/aromatic N) is 1. The number of aliphatic imine (C=N–C) groups is 1. The Bertz CT molecular complexity index is 1520. The molecule has 0 radical (unpaired) electrons. The Hall–Kier alpha value is -4.84. The Morgan fingerprint density at radius 1 is 0.825 bits per heavy atom. The minimum Gasteiger partial charge on any atom is -0.480 e. The van der Waals surface area contributed by atoms with Crippen molar-refractivity contribution in [3.05, 3.63) is 72.1 Å². The highest BCUT2D eigenvalue weighted by Gasteiger charge is 2.29. The van der Waals surface area contributed by atoms with Gasteiger partial charge in [-0.05, 0) is 36.1 Å². The third kappa shape index (κ3) is 6.97. The zero-order valence-corrected chi connectivity index (χ0v) is 21.9. The van der Waals surface area contributed by atoms with Gasteiger partial charge in [0, 0.05) is 53.6 Å². The molecule has 0 spiro atoms. The summed E-state index contributed by atoms with van der Waals surface area (Å²) in [5, 5.41) is 17.1. The van der Waals surface area contributed by atoms with Crippen LogP contribution in [0.5, 0.6) is 0 Å². The van der Waals surface area contributed by atoms with E-state index >= 15 is 0 Å². The lowest BCUT2D eigenvalue weighted by atomic mass is 10.0. The van der Waals surface area contributed by atoms with Gasteiger partial charge >= 0.3 is 5.97 Å². The van der Waals surface area contributed by atoms with Crippen LogP contribution in [0.1, 0.15) is 24.0 Å². The van der Waals surface area contributed by atoms with Crippen LogP contribution >= 0.6 is 0 Å². The molecule has 4 aromatic rings. The molecule has 4 rings (SSSR count). The van der Waals surface area contributed by atoms with Gasteiger partial charge in [-0.25, -0.2) is 4.79 Å². The van der Waals surface area contributed by atoms with Gasteiger partial charge in [-0.1, -0.05) is 36.4 Å². The first-order valence-corrected chi connectivity index (χ1v) is 13.0. The highest BCUT2D eigenvalue weighted by atomic mass is 16.4. The number of para-hydroxylation sites is 2. The summed E-state index contributed by atoms with van der Waals surface area (Å²) in [6.45, 7) is 0.316. The van der Waals surface area contributed by atoms with Crippen LogP contribution in [0.4, 0.5) is 0 Å². The second-order valence-corrected chi connectivity index (χ2v) is 9.64. The fourth-order valence-corrected chi connectivity index (χ4v) is 4.65. The highest BCUT2D eigenvalue weighted by Crippen LogP contribution is 2.21. The van der Waals surface area contributed by atoms with Crippen molar-refractivity contribution < 1.29 is 19.5 Å². The number of aliphatic carboxylic acids is 1. The van der Waals surface area contributed by atoms with Crippen molar-refractivity contribution in [2.45, 2.75) is 43.8 Å². The fourth-order valence-electron chi connectivity index (χ4n) is 4.65. The summed E-state index contributed by atoms with van der Waals surface area (Å²) in [7, 11) is 0. The Labute approximate surface area is 230 Å². The van der Waals surface area contributed by atoms with Crippen molar-refractivity contribution in [2.75, 3.05) is 6.54 Å². The van der Waals surface area contributed by atoms with Crippen molar-refractivity contribution in [3.63, 3.8) is 0 Å². The molecule has 11 N–H and O–H groups in total. The minimum atomic E-state index is -1.22. The number of hydrogen-bond donors (Lipinski definition) is 8. The molecule has 0 aliphatic heterocycles. The van der Waals surface area contributed by atoms with Gasteiger partial charge in [0.05, 0.1) is 6.04 Å². The van der Waals surface area contributed by atoms with E-state index in [1.54, 1.807) is 12.4 Å². The van der Waals surface area contributed by atoms with Gasteiger partial charge in [0.2, 0.25) is 11.8 Å². The normalized spacial score (nSPS) is 13.4. The lowest BCUT2D eigenvalue weighted by molar-refractivity contribution is -0.142. The van der Waals surface area contributed by atoms with E-state index < -0.39 is 35.9 Å². The number of aromatic nitrogens is 2. The van der Waals surface area contributed by atoms with E-state index in [-0.39, 0.29) is 18.8 Å². The molecule has 0 fully saturated rings. The third-order valence-electron chi connectivity index (χ3n) is 6.75. The smallest absolute Gasteiger partial charge is 0.326 e.